The zero-order valence-electron chi connectivity index (χ0n) is 19.3. The van der Waals surface area contributed by atoms with Gasteiger partial charge < -0.3 is 10.1 Å². The Labute approximate surface area is 219 Å². The van der Waals surface area contributed by atoms with Crippen LogP contribution < -0.4 is 15.6 Å². The normalized spacial score (nSPS) is 11.4. The number of nitrogens with one attached hydrogen (secondary N) is 1. The molecular weight excluding hydrogens is 551 g/mol. The first-order valence-corrected chi connectivity index (χ1v) is 12.1. The molecule has 0 spiro atoms. The fraction of sp³-hybridized carbons (Fsp3) is 0.154. The third kappa shape index (κ3) is 5.98. The number of benzene rings is 3. The van der Waals surface area contributed by atoms with E-state index in [1.165, 1.54) is 29.1 Å². The number of ether oxygens (including phenoxy) is 1. The van der Waals surface area contributed by atoms with Crippen molar-refractivity contribution >= 4 is 56.2 Å². The van der Waals surface area contributed by atoms with Gasteiger partial charge in [0.1, 0.15) is 17.4 Å². The summed E-state index contributed by atoms with van der Waals surface area (Å²) < 4.78 is 21.0. The Morgan fingerprint density at radius 2 is 2.03 bits per heavy atom. The van der Waals surface area contributed by atoms with Crippen LogP contribution in [0.2, 0.25) is 5.02 Å². The van der Waals surface area contributed by atoms with Crippen LogP contribution in [0.4, 0.5) is 10.1 Å². The van der Waals surface area contributed by atoms with Gasteiger partial charge in [0.05, 0.1) is 17.1 Å². The first-order valence-electron chi connectivity index (χ1n) is 11.0. The van der Waals surface area contributed by atoms with Gasteiger partial charge in [-0.25, -0.2) is 9.37 Å². The first kappa shape index (κ1) is 25.5. The number of hydrogen-bond donors (Lipinski definition) is 1. The Morgan fingerprint density at radius 3 is 2.78 bits per heavy atom. The molecule has 0 radical (unpaired) electrons. The molecule has 10 heteroatoms. The van der Waals surface area contributed by atoms with Crippen LogP contribution >= 0.6 is 27.5 Å². The van der Waals surface area contributed by atoms with Gasteiger partial charge in [-0.05, 0) is 54.6 Å². The van der Waals surface area contributed by atoms with Crippen molar-refractivity contribution in [2.24, 2.45) is 5.10 Å². The van der Waals surface area contributed by atoms with Gasteiger partial charge >= 0.3 is 0 Å². The van der Waals surface area contributed by atoms with Crippen molar-refractivity contribution in [1.82, 2.24) is 9.66 Å². The van der Waals surface area contributed by atoms with Gasteiger partial charge in [0.25, 0.3) is 11.5 Å². The molecule has 0 aliphatic rings. The highest BCUT2D eigenvalue weighted by atomic mass is 79.9. The van der Waals surface area contributed by atoms with Crippen molar-refractivity contribution < 1.29 is 13.9 Å². The molecule has 36 heavy (non-hydrogen) atoms. The summed E-state index contributed by atoms with van der Waals surface area (Å²) in [5.74, 6) is -0.194. The van der Waals surface area contributed by atoms with E-state index in [0.29, 0.717) is 38.8 Å². The topological polar surface area (TPSA) is 85.6 Å². The maximum atomic E-state index is 13.4. The fourth-order valence-corrected chi connectivity index (χ4v) is 3.97. The molecule has 1 aromatic heterocycles. The van der Waals surface area contributed by atoms with Gasteiger partial charge in [0.15, 0.2) is 6.61 Å². The first-order chi connectivity index (χ1) is 17.2. The van der Waals surface area contributed by atoms with Gasteiger partial charge in [0, 0.05) is 26.7 Å². The maximum absolute atomic E-state index is 13.4. The van der Waals surface area contributed by atoms with E-state index in [4.69, 9.17) is 16.3 Å². The van der Waals surface area contributed by atoms with Crippen LogP contribution in [0.5, 0.6) is 5.75 Å². The van der Waals surface area contributed by atoms with E-state index in [1.807, 2.05) is 19.9 Å². The van der Waals surface area contributed by atoms with E-state index in [0.717, 1.165) is 4.47 Å². The molecule has 0 saturated carbocycles. The van der Waals surface area contributed by atoms with Crippen molar-refractivity contribution in [1.29, 1.82) is 0 Å². The average molecular weight is 572 g/mol. The second-order valence-electron chi connectivity index (χ2n) is 8.18. The lowest BCUT2D eigenvalue weighted by atomic mass is 10.2. The smallest absolute Gasteiger partial charge is 0.282 e. The molecule has 1 amide bonds. The molecule has 0 bridgehead atoms. The minimum absolute atomic E-state index is 0.0792. The molecule has 7 nitrogen and oxygen atoms in total. The van der Waals surface area contributed by atoms with Gasteiger partial charge in [0.2, 0.25) is 0 Å². The largest absolute Gasteiger partial charge is 0.483 e. The molecule has 4 aromatic rings. The number of halogens is 3. The quantitative estimate of drug-likeness (QED) is 0.277. The second kappa shape index (κ2) is 11.0. The summed E-state index contributed by atoms with van der Waals surface area (Å²) in [4.78, 5) is 30.2. The highest BCUT2D eigenvalue weighted by molar-refractivity contribution is 9.10. The molecule has 0 aliphatic carbocycles. The zero-order valence-corrected chi connectivity index (χ0v) is 21.7. The highest BCUT2D eigenvalue weighted by Gasteiger charge is 2.14. The Morgan fingerprint density at radius 1 is 1.22 bits per heavy atom. The van der Waals surface area contributed by atoms with Crippen LogP contribution in [-0.2, 0) is 4.79 Å². The number of carbonyl (C=O) groups is 1. The number of hydrogen-bond acceptors (Lipinski definition) is 5. The van der Waals surface area contributed by atoms with Gasteiger partial charge in [-0.3, -0.25) is 9.59 Å². The number of carbonyl (C=O) groups excluding carboxylic acids is 1. The Bertz CT molecular complexity index is 1540. The van der Waals surface area contributed by atoms with Gasteiger partial charge in [-0.15, -0.1) is 0 Å². The van der Waals surface area contributed by atoms with E-state index in [9.17, 15) is 14.0 Å². The molecular formula is C26H21BrClFN4O3. The molecule has 0 fully saturated rings. The minimum Gasteiger partial charge on any atom is -0.483 e. The lowest BCUT2D eigenvalue weighted by Crippen LogP contribution is -2.23. The number of nitrogens with zero attached hydrogens (tertiary/aromatic N) is 3. The monoisotopic (exact) mass is 570 g/mol. The second-order valence-corrected chi connectivity index (χ2v) is 9.53. The van der Waals surface area contributed by atoms with Crippen molar-refractivity contribution in [2.75, 3.05) is 11.9 Å². The van der Waals surface area contributed by atoms with E-state index in [-0.39, 0.29) is 18.1 Å². The molecule has 0 saturated heterocycles. The van der Waals surface area contributed by atoms with Crippen molar-refractivity contribution in [2.45, 2.75) is 19.8 Å². The van der Waals surface area contributed by atoms with Crippen LogP contribution in [0.1, 0.15) is 31.2 Å². The molecule has 0 unspecified atom stereocenters. The van der Waals surface area contributed by atoms with E-state index in [1.54, 1.807) is 36.4 Å². The molecule has 184 valence electrons. The third-order valence-corrected chi connectivity index (χ3v) is 5.83. The Hall–Kier alpha value is -3.56. The summed E-state index contributed by atoms with van der Waals surface area (Å²) in [6.07, 6.45) is 1.43. The molecule has 4 rings (SSSR count). The Kier molecular flexibility index (Phi) is 7.81. The van der Waals surface area contributed by atoms with Crippen LogP contribution in [0.15, 0.2) is 75.0 Å². The standard InChI is InChI=1S/C26H21BrClFN4O3/c1-15(2)25-32-22-8-6-17(27)11-21(22)26(35)33(25)30-13-16-10-18(28)7-9-23(16)36-14-24(34)31-20-5-3-4-19(29)12-20/h3-13,15H,14H2,1-2H3,(H,31,34). The third-order valence-electron chi connectivity index (χ3n) is 5.10. The van der Waals surface area contributed by atoms with Crippen molar-refractivity contribution in [3.63, 3.8) is 0 Å². The molecule has 3 aromatic carbocycles. The van der Waals surface area contributed by atoms with Gasteiger partial charge in [-0.1, -0.05) is 47.4 Å². The summed E-state index contributed by atoms with van der Waals surface area (Å²) in [5, 5.41) is 7.81. The lowest BCUT2D eigenvalue weighted by molar-refractivity contribution is -0.118. The summed E-state index contributed by atoms with van der Waals surface area (Å²) in [6, 6.07) is 15.7. The fourth-order valence-electron chi connectivity index (χ4n) is 3.43. The summed E-state index contributed by atoms with van der Waals surface area (Å²) >= 11 is 9.56. The zero-order chi connectivity index (χ0) is 25.8. The van der Waals surface area contributed by atoms with E-state index in [2.05, 4.69) is 31.3 Å². The number of amides is 1. The number of aromatic nitrogens is 2. The SMILES string of the molecule is CC(C)c1nc2ccc(Br)cc2c(=O)n1N=Cc1cc(Cl)ccc1OCC(=O)Nc1cccc(F)c1. The lowest BCUT2D eigenvalue weighted by Gasteiger charge is -2.13. The Balaban J connectivity index is 1.62. The summed E-state index contributed by atoms with van der Waals surface area (Å²) in [7, 11) is 0. The van der Waals surface area contributed by atoms with Crippen LogP contribution in [-0.4, -0.2) is 28.4 Å². The number of fused-ring (bicyclic) bond motifs is 1. The van der Waals surface area contributed by atoms with Crippen molar-refractivity contribution in [3.05, 3.63) is 97.7 Å². The van der Waals surface area contributed by atoms with Crippen LogP contribution in [0.25, 0.3) is 10.9 Å². The molecule has 0 aliphatic heterocycles. The molecule has 1 heterocycles. The average Bonchev–Trinajstić information content (AvgIpc) is 2.83. The predicted octanol–water partition coefficient (Wildman–Crippen LogP) is 5.97. The van der Waals surface area contributed by atoms with Gasteiger partial charge in [-0.2, -0.15) is 9.78 Å². The van der Waals surface area contributed by atoms with Crippen LogP contribution in [0.3, 0.4) is 0 Å². The van der Waals surface area contributed by atoms with Crippen LogP contribution in [0, 0.1) is 5.82 Å². The minimum atomic E-state index is -0.471. The summed E-state index contributed by atoms with van der Waals surface area (Å²) in [6.45, 7) is 3.51. The van der Waals surface area contributed by atoms with E-state index >= 15 is 0 Å². The van der Waals surface area contributed by atoms with Crippen molar-refractivity contribution in [3.8, 4) is 5.75 Å². The maximum Gasteiger partial charge on any atom is 0.282 e. The number of anilines is 1. The highest BCUT2D eigenvalue weighted by Crippen LogP contribution is 2.23. The summed E-state index contributed by atoms with van der Waals surface area (Å²) in [5.41, 5.74) is 1.03. The molecule has 1 N–H and O–H groups in total. The van der Waals surface area contributed by atoms with E-state index < -0.39 is 11.7 Å². The predicted molar refractivity (Wildman–Crippen MR) is 143 cm³/mol. The molecule has 0 atom stereocenters. The number of rotatable bonds is 7.